The monoisotopic (exact) mass is 368 g/mol. The van der Waals surface area contributed by atoms with Gasteiger partial charge in [0, 0.05) is 0 Å². The second kappa shape index (κ2) is 8.94. The Morgan fingerprint density at radius 2 is 1.81 bits per heavy atom. The lowest BCUT2D eigenvalue weighted by molar-refractivity contribution is -0.144. The first-order valence-corrected chi connectivity index (χ1v) is 9.52. The van der Waals surface area contributed by atoms with E-state index < -0.39 is 0 Å². The lowest BCUT2D eigenvalue weighted by Gasteiger charge is -2.35. The maximum atomic E-state index is 11.6. The Kier molecular flexibility index (Phi) is 6.38. The highest BCUT2D eigenvalue weighted by Gasteiger charge is 2.31. The fourth-order valence-corrected chi connectivity index (χ4v) is 3.65. The molecule has 2 aromatic carbocycles. The van der Waals surface area contributed by atoms with Crippen molar-refractivity contribution < 1.29 is 19.0 Å². The van der Waals surface area contributed by atoms with Gasteiger partial charge < -0.3 is 14.2 Å². The molecule has 1 saturated carbocycles. The maximum Gasteiger partial charge on any atom is 0.308 e. The van der Waals surface area contributed by atoms with Crippen LogP contribution in [0.1, 0.15) is 36.8 Å². The van der Waals surface area contributed by atoms with Gasteiger partial charge in [-0.15, -0.1) is 0 Å². The largest absolute Gasteiger partial charge is 0.497 e. The van der Waals surface area contributed by atoms with Crippen molar-refractivity contribution in [2.45, 2.75) is 32.1 Å². The summed E-state index contributed by atoms with van der Waals surface area (Å²) in [6.45, 7) is 2.61. The zero-order valence-electron chi connectivity index (χ0n) is 16.3. The van der Waals surface area contributed by atoms with E-state index in [1.54, 1.807) is 7.11 Å². The zero-order chi connectivity index (χ0) is 19.2. The van der Waals surface area contributed by atoms with E-state index >= 15 is 0 Å². The van der Waals surface area contributed by atoms with Gasteiger partial charge in [0.05, 0.1) is 26.7 Å². The van der Waals surface area contributed by atoms with Crippen molar-refractivity contribution in [2.24, 2.45) is 11.8 Å². The third-order valence-electron chi connectivity index (χ3n) is 5.33. The quantitative estimate of drug-likeness (QED) is 0.638. The van der Waals surface area contributed by atoms with Crippen LogP contribution in [-0.2, 0) is 16.0 Å². The molecule has 0 bridgehead atoms. The number of methoxy groups -OCH3 is 2. The molecular weight excluding hydrogens is 340 g/mol. The van der Waals surface area contributed by atoms with E-state index in [4.69, 9.17) is 14.2 Å². The number of carbonyl (C=O) groups is 1. The highest BCUT2D eigenvalue weighted by Crippen LogP contribution is 2.42. The third kappa shape index (κ3) is 5.03. The van der Waals surface area contributed by atoms with Crippen molar-refractivity contribution in [3.63, 3.8) is 0 Å². The highest BCUT2D eigenvalue weighted by atomic mass is 16.5. The molecular formula is C23H28O4. The fourth-order valence-electron chi connectivity index (χ4n) is 3.65. The first-order valence-electron chi connectivity index (χ1n) is 9.52. The standard InChI is InChI=1S/C23H28O4/c1-16(23(24)26-3)10-17-6-4-9-22(13-17)27-15-18-11-20(12-18)19-7-5-8-21(14-19)25-2/h4-9,13-14,16,18,20H,10-12,15H2,1-3H3/t16-,18?,20?/m0/s1. The second-order valence-electron chi connectivity index (χ2n) is 7.40. The summed E-state index contributed by atoms with van der Waals surface area (Å²) >= 11 is 0. The van der Waals surface area contributed by atoms with Gasteiger partial charge in [0.2, 0.25) is 0 Å². The first-order chi connectivity index (χ1) is 13.1. The molecule has 3 rings (SSSR count). The predicted octanol–water partition coefficient (Wildman–Crippen LogP) is 4.62. The molecule has 144 valence electrons. The van der Waals surface area contributed by atoms with Crippen molar-refractivity contribution in [2.75, 3.05) is 20.8 Å². The van der Waals surface area contributed by atoms with E-state index in [-0.39, 0.29) is 11.9 Å². The van der Waals surface area contributed by atoms with E-state index in [1.165, 1.54) is 12.7 Å². The van der Waals surface area contributed by atoms with Crippen LogP contribution >= 0.6 is 0 Å². The maximum absolute atomic E-state index is 11.6. The van der Waals surface area contributed by atoms with E-state index in [0.717, 1.165) is 36.5 Å². The summed E-state index contributed by atoms with van der Waals surface area (Å²) in [7, 11) is 3.13. The van der Waals surface area contributed by atoms with Gasteiger partial charge in [0.25, 0.3) is 0 Å². The van der Waals surface area contributed by atoms with Crippen LogP contribution in [0.25, 0.3) is 0 Å². The molecule has 0 aromatic heterocycles. The van der Waals surface area contributed by atoms with Crippen molar-refractivity contribution in [3.8, 4) is 11.5 Å². The van der Waals surface area contributed by atoms with Crippen LogP contribution in [0.4, 0.5) is 0 Å². The molecule has 0 aliphatic heterocycles. The van der Waals surface area contributed by atoms with Gasteiger partial charge in [-0.1, -0.05) is 31.2 Å². The van der Waals surface area contributed by atoms with Crippen molar-refractivity contribution in [3.05, 3.63) is 59.7 Å². The SMILES string of the molecule is COC(=O)[C@@H](C)Cc1cccc(OCC2CC(c3cccc(OC)c3)C2)c1. The second-order valence-corrected chi connectivity index (χ2v) is 7.40. The molecule has 0 unspecified atom stereocenters. The zero-order valence-corrected chi connectivity index (χ0v) is 16.3. The van der Waals surface area contributed by atoms with Crippen LogP contribution in [0.2, 0.25) is 0 Å². The lowest BCUT2D eigenvalue weighted by Crippen LogP contribution is -2.27. The minimum absolute atomic E-state index is 0.152. The predicted molar refractivity (Wildman–Crippen MR) is 105 cm³/mol. The number of esters is 1. The molecule has 1 aliphatic carbocycles. The van der Waals surface area contributed by atoms with Gasteiger partial charge in [-0.05, 0) is 66.5 Å². The molecule has 4 heteroatoms. The van der Waals surface area contributed by atoms with E-state index in [0.29, 0.717) is 18.3 Å². The first kappa shape index (κ1) is 19.3. The van der Waals surface area contributed by atoms with Crippen LogP contribution in [-0.4, -0.2) is 26.8 Å². The summed E-state index contributed by atoms with van der Waals surface area (Å²) in [6.07, 6.45) is 2.95. The number of carbonyl (C=O) groups excluding carboxylic acids is 1. The molecule has 0 saturated heterocycles. The molecule has 0 amide bonds. The van der Waals surface area contributed by atoms with E-state index in [9.17, 15) is 4.79 Å². The summed E-state index contributed by atoms with van der Waals surface area (Å²) in [5.41, 5.74) is 2.44. The topological polar surface area (TPSA) is 44.8 Å². The van der Waals surface area contributed by atoms with E-state index in [2.05, 4.69) is 18.2 Å². The molecule has 0 N–H and O–H groups in total. The molecule has 1 aliphatic rings. The Bertz CT molecular complexity index is 764. The van der Waals surface area contributed by atoms with Crippen LogP contribution in [0.3, 0.4) is 0 Å². The highest BCUT2D eigenvalue weighted by molar-refractivity contribution is 5.72. The Balaban J connectivity index is 1.47. The summed E-state index contributed by atoms with van der Waals surface area (Å²) in [5, 5.41) is 0. The van der Waals surface area contributed by atoms with Crippen LogP contribution in [0, 0.1) is 11.8 Å². The minimum Gasteiger partial charge on any atom is -0.497 e. The number of ether oxygens (including phenoxy) is 3. The Morgan fingerprint density at radius 1 is 1.07 bits per heavy atom. The van der Waals surface area contributed by atoms with Crippen LogP contribution in [0.15, 0.2) is 48.5 Å². The van der Waals surface area contributed by atoms with Gasteiger partial charge in [0.1, 0.15) is 11.5 Å². The van der Waals surface area contributed by atoms with E-state index in [1.807, 2.05) is 37.3 Å². The van der Waals surface area contributed by atoms with Gasteiger partial charge in [-0.25, -0.2) is 0 Å². The Morgan fingerprint density at radius 3 is 2.56 bits per heavy atom. The Labute approximate surface area is 161 Å². The van der Waals surface area contributed by atoms with Gasteiger partial charge in [-0.3, -0.25) is 4.79 Å². The molecule has 2 aromatic rings. The van der Waals surface area contributed by atoms with Gasteiger partial charge in [-0.2, -0.15) is 0 Å². The lowest BCUT2D eigenvalue weighted by atomic mass is 9.72. The molecule has 0 spiro atoms. The smallest absolute Gasteiger partial charge is 0.308 e. The number of hydrogen-bond acceptors (Lipinski definition) is 4. The van der Waals surface area contributed by atoms with Crippen molar-refractivity contribution >= 4 is 5.97 Å². The van der Waals surface area contributed by atoms with Crippen LogP contribution < -0.4 is 9.47 Å². The number of rotatable bonds is 8. The molecule has 27 heavy (non-hydrogen) atoms. The average molecular weight is 368 g/mol. The normalized spacial score (nSPS) is 19.7. The van der Waals surface area contributed by atoms with Crippen molar-refractivity contribution in [1.82, 2.24) is 0 Å². The third-order valence-corrected chi connectivity index (χ3v) is 5.33. The van der Waals surface area contributed by atoms with Crippen molar-refractivity contribution in [1.29, 1.82) is 0 Å². The molecule has 0 heterocycles. The Hall–Kier alpha value is -2.49. The average Bonchev–Trinajstić information content (AvgIpc) is 2.66. The minimum atomic E-state index is -0.181. The molecule has 1 atom stereocenters. The fraction of sp³-hybridized carbons (Fsp3) is 0.435. The molecule has 0 radical (unpaired) electrons. The summed E-state index contributed by atoms with van der Waals surface area (Å²) in [4.78, 5) is 11.6. The number of hydrogen-bond donors (Lipinski definition) is 0. The summed E-state index contributed by atoms with van der Waals surface area (Å²) < 4.78 is 16.1. The van der Waals surface area contributed by atoms with Gasteiger partial charge in [0.15, 0.2) is 0 Å². The number of benzene rings is 2. The van der Waals surface area contributed by atoms with Gasteiger partial charge >= 0.3 is 5.97 Å². The summed E-state index contributed by atoms with van der Waals surface area (Å²) in [6, 6.07) is 16.4. The van der Waals surface area contributed by atoms with Crippen LogP contribution in [0.5, 0.6) is 11.5 Å². The summed E-state index contributed by atoms with van der Waals surface area (Å²) in [5.74, 6) is 2.64. The molecule has 1 fully saturated rings. The molecule has 4 nitrogen and oxygen atoms in total.